The molecule has 0 amide bonds. The first kappa shape index (κ1) is 13.1. The topological polar surface area (TPSA) is 35.5 Å². The van der Waals surface area contributed by atoms with Gasteiger partial charge in [0.25, 0.3) is 0 Å². The van der Waals surface area contributed by atoms with Gasteiger partial charge in [0.2, 0.25) is 0 Å². The van der Waals surface area contributed by atoms with E-state index < -0.39 is 5.41 Å². The number of hydrogen-bond donors (Lipinski definition) is 0. The van der Waals surface area contributed by atoms with Crippen molar-refractivity contribution in [3.8, 4) is 0 Å². The lowest BCUT2D eigenvalue weighted by molar-refractivity contribution is -0.175. The van der Waals surface area contributed by atoms with Gasteiger partial charge < -0.3 is 9.47 Å². The molecule has 0 aliphatic heterocycles. The van der Waals surface area contributed by atoms with Gasteiger partial charge in [-0.15, -0.1) is 0 Å². The Balaban J connectivity index is 1.95. The summed E-state index contributed by atoms with van der Waals surface area (Å²) in [4.78, 5) is 12.2. The number of hydrogen-bond acceptors (Lipinski definition) is 3. The van der Waals surface area contributed by atoms with Crippen molar-refractivity contribution in [2.75, 3.05) is 7.11 Å². The summed E-state index contributed by atoms with van der Waals surface area (Å²) in [7, 11) is 1.65. The molecule has 0 saturated heterocycles. The summed E-state index contributed by atoms with van der Waals surface area (Å²) in [6.07, 6.45) is 2.74. The molecule has 1 aliphatic carbocycles. The maximum atomic E-state index is 12.2. The predicted molar refractivity (Wildman–Crippen MR) is 69.0 cm³/mol. The maximum absolute atomic E-state index is 12.2. The second-order valence-electron chi connectivity index (χ2n) is 4.95. The van der Waals surface area contributed by atoms with Crippen molar-refractivity contribution in [2.45, 2.75) is 38.9 Å². The minimum Gasteiger partial charge on any atom is -0.460 e. The number of methoxy groups -OCH3 is 1. The zero-order chi connectivity index (χ0) is 13.0. The van der Waals surface area contributed by atoms with E-state index in [0.29, 0.717) is 6.61 Å². The van der Waals surface area contributed by atoms with Gasteiger partial charge in [0, 0.05) is 7.11 Å². The molecule has 1 aromatic rings. The molecule has 3 nitrogen and oxygen atoms in total. The van der Waals surface area contributed by atoms with Gasteiger partial charge in [0.05, 0.1) is 11.5 Å². The average Bonchev–Trinajstić information content (AvgIpc) is 2.36. The Bertz CT molecular complexity index is 395. The largest absolute Gasteiger partial charge is 0.460 e. The molecule has 0 heterocycles. The van der Waals surface area contributed by atoms with Crippen LogP contribution in [-0.2, 0) is 20.9 Å². The van der Waals surface area contributed by atoms with E-state index in [1.165, 1.54) is 0 Å². The van der Waals surface area contributed by atoms with Crippen LogP contribution in [0, 0.1) is 5.41 Å². The molecule has 2 rings (SSSR count). The molecule has 98 valence electrons. The van der Waals surface area contributed by atoms with E-state index in [-0.39, 0.29) is 12.1 Å². The Labute approximate surface area is 108 Å². The van der Waals surface area contributed by atoms with E-state index in [9.17, 15) is 4.79 Å². The van der Waals surface area contributed by atoms with E-state index in [0.717, 1.165) is 24.8 Å². The lowest BCUT2D eigenvalue weighted by Crippen LogP contribution is -2.48. The van der Waals surface area contributed by atoms with Crippen LogP contribution in [0.15, 0.2) is 30.3 Å². The molecule has 0 bridgehead atoms. The van der Waals surface area contributed by atoms with Gasteiger partial charge in [-0.2, -0.15) is 0 Å². The van der Waals surface area contributed by atoms with E-state index in [2.05, 4.69) is 0 Å². The predicted octanol–water partition coefficient (Wildman–Crippen LogP) is 2.94. The summed E-state index contributed by atoms with van der Waals surface area (Å²) in [5.41, 5.74) is 0.606. The zero-order valence-corrected chi connectivity index (χ0v) is 11.0. The molecule has 1 fully saturated rings. The molecule has 1 aromatic carbocycles. The van der Waals surface area contributed by atoms with E-state index in [1.807, 2.05) is 37.3 Å². The van der Waals surface area contributed by atoms with Crippen LogP contribution in [0.4, 0.5) is 0 Å². The maximum Gasteiger partial charge on any atom is 0.315 e. The Hall–Kier alpha value is -1.35. The van der Waals surface area contributed by atoms with Crippen molar-refractivity contribution in [1.29, 1.82) is 0 Å². The summed E-state index contributed by atoms with van der Waals surface area (Å²) >= 11 is 0. The van der Waals surface area contributed by atoms with Gasteiger partial charge in [-0.3, -0.25) is 4.79 Å². The van der Waals surface area contributed by atoms with Gasteiger partial charge in [0.1, 0.15) is 6.61 Å². The third kappa shape index (κ3) is 2.41. The van der Waals surface area contributed by atoms with Gasteiger partial charge in [-0.05, 0) is 25.3 Å². The summed E-state index contributed by atoms with van der Waals surface area (Å²) in [6.45, 7) is 2.29. The fraction of sp³-hybridized carbons (Fsp3) is 0.533. The summed E-state index contributed by atoms with van der Waals surface area (Å²) in [6, 6.07) is 9.76. The molecule has 1 saturated carbocycles. The van der Waals surface area contributed by atoms with Crippen molar-refractivity contribution in [2.24, 2.45) is 5.41 Å². The highest BCUT2D eigenvalue weighted by atomic mass is 16.5. The van der Waals surface area contributed by atoms with Crippen LogP contribution in [0.1, 0.15) is 31.7 Å². The highest BCUT2D eigenvalue weighted by molar-refractivity contribution is 5.78. The first-order valence-corrected chi connectivity index (χ1v) is 6.43. The Kier molecular flexibility index (Phi) is 4.02. The van der Waals surface area contributed by atoms with Crippen LogP contribution >= 0.6 is 0 Å². The fourth-order valence-corrected chi connectivity index (χ4v) is 2.43. The highest BCUT2D eigenvalue weighted by Crippen LogP contribution is 2.46. The number of esters is 1. The van der Waals surface area contributed by atoms with Crippen LogP contribution in [0.5, 0.6) is 0 Å². The standard InChI is InChI=1S/C15H20O3/c1-12(17-2)15(9-6-10-15)14(16)18-11-13-7-4-3-5-8-13/h3-5,7-8,12H,6,9-11H2,1-2H3/t12-/m1/s1. The lowest BCUT2D eigenvalue weighted by atomic mass is 9.65. The Morgan fingerprint density at radius 3 is 2.50 bits per heavy atom. The highest BCUT2D eigenvalue weighted by Gasteiger charge is 2.50. The molecular formula is C15H20O3. The van der Waals surface area contributed by atoms with Crippen molar-refractivity contribution < 1.29 is 14.3 Å². The number of benzene rings is 1. The van der Waals surface area contributed by atoms with Gasteiger partial charge in [-0.1, -0.05) is 36.8 Å². The number of ether oxygens (including phenoxy) is 2. The number of carbonyl (C=O) groups is 1. The monoisotopic (exact) mass is 248 g/mol. The van der Waals surface area contributed by atoms with E-state index >= 15 is 0 Å². The molecular weight excluding hydrogens is 228 g/mol. The third-order valence-electron chi connectivity index (χ3n) is 4.00. The lowest BCUT2D eigenvalue weighted by Gasteiger charge is -2.42. The van der Waals surface area contributed by atoms with Crippen LogP contribution in [0.25, 0.3) is 0 Å². The summed E-state index contributed by atoms with van der Waals surface area (Å²) < 4.78 is 10.8. The van der Waals surface area contributed by atoms with E-state index in [4.69, 9.17) is 9.47 Å². The van der Waals surface area contributed by atoms with Crippen molar-refractivity contribution in [1.82, 2.24) is 0 Å². The van der Waals surface area contributed by atoms with Gasteiger partial charge in [0.15, 0.2) is 0 Å². The minimum absolute atomic E-state index is 0.0745. The molecule has 0 unspecified atom stereocenters. The fourth-order valence-electron chi connectivity index (χ4n) is 2.43. The van der Waals surface area contributed by atoms with Crippen LogP contribution in [0.2, 0.25) is 0 Å². The minimum atomic E-state index is -0.413. The molecule has 0 N–H and O–H groups in total. The molecule has 1 aliphatic rings. The number of rotatable bonds is 5. The van der Waals surface area contributed by atoms with Gasteiger partial charge in [-0.25, -0.2) is 0 Å². The molecule has 0 aromatic heterocycles. The smallest absolute Gasteiger partial charge is 0.315 e. The quantitative estimate of drug-likeness (QED) is 0.752. The normalized spacial score (nSPS) is 18.8. The molecule has 0 radical (unpaired) electrons. The Morgan fingerprint density at radius 1 is 1.33 bits per heavy atom. The molecule has 0 spiro atoms. The molecule has 1 atom stereocenters. The van der Waals surface area contributed by atoms with Crippen molar-refractivity contribution in [3.05, 3.63) is 35.9 Å². The number of carbonyl (C=O) groups excluding carboxylic acids is 1. The van der Waals surface area contributed by atoms with Crippen LogP contribution < -0.4 is 0 Å². The van der Waals surface area contributed by atoms with E-state index in [1.54, 1.807) is 7.11 Å². The first-order chi connectivity index (χ1) is 8.69. The summed E-state index contributed by atoms with van der Waals surface area (Å²) in [5.74, 6) is -0.119. The third-order valence-corrected chi connectivity index (χ3v) is 4.00. The molecule has 3 heteroatoms. The first-order valence-electron chi connectivity index (χ1n) is 6.43. The molecule has 18 heavy (non-hydrogen) atoms. The van der Waals surface area contributed by atoms with Gasteiger partial charge >= 0.3 is 5.97 Å². The SMILES string of the molecule is CO[C@H](C)C1(C(=O)OCc2ccccc2)CCC1. The Morgan fingerprint density at radius 2 is 2.00 bits per heavy atom. The van der Waals surface area contributed by atoms with Crippen molar-refractivity contribution >= 4 is 5.97 Å². The average molecular weight is 248 g/mol. The van der Waals surface area contributed by atoms with Crippen molar-refractivity contribution in [3.63, 3.8) is 0 Å². The summed E-state index contributed by atoms with van der Waals surface area (Å²) in [5, 5.41) is 0. The second kappa shape index (κ2) is 5.53. The second-order valence-corrected chi connectivity index (χ2v) is 4.95. The zero-order valence-electron chi connectivity index (χ0n) is 11.0. The van der Waals surface area contributed by atoms with Crippen LogP contribution in [0.3, 0.4) is 0 Å². The van der Waals surface area contributed by atoms with Crippen LogP contribution in [-0.4, -0.2) is 19.2 Å².